The fraction of sp³-hybridized carbons (Fsp3) is 0.562. The van der Waals surface area contributed by atoms with E-state index >= 15 is 0 Å². The molecule has 0 aromatic heterocycles. The van der Waals surface area contributed by atoms with E-state index in [1.165, 1.54) is 0 Å². The summed E-state index contributed by atoms with van der Waals surface area (Å²) in [7, 11) is 2.07. The third kappa shape index (κ3) is 4.35. The molecule has 0 atom stereocenters. The predicted molar refractivity (Wildman–Crippen MR) is 85.2 cm³/mol. The summed E-state index contributed by atoms with van der Waals surface area (Å²) in [5.41, 5.74) is 0.563. The highest BCUT2D eigenvalue weighted by Gasteiger charge is 2.23. The second kappa shape index (κ2) is 7.14. The second-order valence-corrected chi connectivity index (χ2v) is 6.38. The van der Waals surface area contributed by atoms with Gasteiger partial charge in [-0.1, -0.05) is 25.4 Å². The Hall–Kier alpha value is -1.26. The van der Waals surface area contributed by atoms with Gasteiger partial charge in [0.2, 0.25) is 0 Å². The molecule has 0 spiro atoms. The van der Waals surface area contributed by atoms with Crippen molar-refractivity contribution in [2.45, 2.75) is 13.8 Å². The van der Waals surface area contributed by atoms with Crippen LogP contribution >= 0.6 is 11.6 Å². The smallest absolute Gasteiger partial charge is 0.257 e. The Kier molecular flexibility index (Phi) is 5.48. The standard InChI is InChI=1S/C16H23ClN2O2/c1-12(2)11-21-15-5-4-13(17)10-14(15)16(20)19-8-6-18(3)7-9-19/h4-5,10,12H,6-9,11H2,1-3H3. The van der Waals surface area contributed by atoms with Gasteiger partial charge < -0.3 is 14.5 Å². The van der Waals surface area contributed by atoms with Gasteiger partial charge in [-0.25, -0.2) is 0 Å². The van der Waals surface area contributed by atoms with E-state index in [1.807, 2.05) is 4.90 Å². The van der Waals surface area contributed by atoms with Crippen LogP contribution in [-0.4, -0.2) is 55.5 Å². The van der Waals surface area contributed by atoms with Gasteiger partial charge in [-0.3, -0.25) is 4.79 Å². The maximum atomic E-state index is 12.7. The SMILES string of the molecule is CC(C)COc1ccc(Cl)cc1C(=O)N1CCN(C)CC1. The monoisotopic (exact) mass is 310 g/mol. The Bertz CT molecular complexity index is 497. The molecule has 0 unspecified atom stereocenters. The van der Waals surface area contributed by atoms with E-state index in [0.29, 0.717) is 28.9 Å². The van der Waals surface area contributed by atoms with Crippen LogP contribution in [0, 0.1) is 5.92 Å². The van der Waals surface area contributed by atoms with Crippen LogP contribution in [-0.2, 0) is 0 Å². The molecule has 1 aliphatic rings. The summed E-state index contributed by atoms with van der Waals surface area (Å²) >= 11 is 6.05. The average molecular weight is 311 g/mol. The molecule has 1 amide bonds. The first-order chi connectivity index (χ1) is 9.97. The van der Waals surface area contributed by atoms with E-state index in [1.54, 1.807) is 18.2 Å². The molecule has 1 heterocycles. The quantitative estimate of drug-likeness (QED) is 0.857. The molecule has 1 fully saturated rings. The van der Waals surface area contributed by atoms with Gasteiger partial charge in [-0.05, 0) is 31.2 Å². The number of piperazine rings is 1. The van der Waals surface area contributed by atoms with Crippen molar-refractivity contribution in [2.24, 2.45) is 5.92 Å². The Morgan fingerprint density at radius 2 is 1.95 bits per heavy atom. The van der Waals surface area contributed by atoms with Gasteiger partial charge in [0.1, 0.15) is 5.75 Å². The number of ether oxygens (including phenoxy) is 1. The Morgan fingerprint density at radius 3 is 2.57 bits per heavy atom. The third-order valence-electron chi connectivity index (χ3n) is 3.53. The molecule has 0 aliphatic carbocycles. The van der Waals surface area contributed by atoms with E-state index in [2.05, 4.69) is 25.8 Å². The van der Waals surface area contributed by atoms with E-state index in [-0.39, 0.29) is 5.91 Å². The number of hydrogen-bond acceptors (Lipinski definition) is 3. The van der Waals surface area contributed by atoms with Gasteiger partial charge in [0.15, 0.2) is 0 Å². The summed E-state index contributed by atoms with van der Waals surface area (Å²) in [5.74, 6) is 1.04. The zero-order valence-corrected chi connectivity index (χ0v) is 13.7. The fourth-order valence-corrected chi connectivity index (χ4v) is 2.40. The minimum atomic E-state index is 0.00403. The van der Waals surface area contributed by atoms with Gasteiger partial charge in [-0.15, -0.1) is 0 Å². The van der Waals surface area contributed by atoms with E-state index < -0.39 is 0 Å². The van der Waals surface area contributed by atoms with Crippen LogP contribution in [0.25, 0.3) is 0 Å². The summed E-state index contributed by atoms with van der Waals surface area (Å²) in [6.07, 6.45) is 0. The zero-order valence-electron chi connectivity index (χ0n) is 12.9. The summed E-state index contributed by atoms with van der Waals surface area (Å²) in [6.45, 7) is 8.03. The number of halogens is 1. The number of nitrogens with zero attached hydrogens (tertiary/aromatic N) is 2. The topological polar surface area (TPSA) is 32.8 Å². The number of carbonyl (C=O) groups excluding carboxylic acids is 1. The highest BCUT2D eigenvalue weighted by molar-refractivity contribution is 6.31. The van der Waals surface area contributed by atoms with Crippen LogP contribution in [0.4, 0.5) is 0 Å². The van der Waals surface area contributed by atoms with Crippen LogP contribution in [0.1, 0.15) is 24.2 Å². The predicted octanol–water partition coefficient (Wildman–Crippen LogP) is 2.76. The molecule has 116 valence electrons. The van der Waals surface area contributed by atoms with Crippen LogP contribution in [0.2, 0.25) is 5.02 Å². The van der Waals surface area contributed by atoms with Crippen LogP contribution in [0.15, 0.2) is 18.2 Å². The molecular weight excluding hydrogens is 288 g/mol. The van der Waals surface area contributed by atoms with Crippen molar-refractivity contribution in [1.82, 2.24) is 9.80 Å². The van der Waals surface area contributed by atoms with Crippen LogP contribution < -0.4 is 4.74 Å². The maximum Gasteiger partial charge on any atom is 0.257 e. The average Bonchev–Trinajstić information content (AvgIpc) is 2.46. The van der Waals surface area contributed by atoms with E-state index in [4.69, 9.17) is 16.3 Å². The second-order valence-electron chi connectivity index (χ2n) is 5.94. The molecule has 1 aromatic rings. The molecule has 1 saturated heterocycles. The number of rotatable bonds is 4. The maximum absolute atomic E-state index is 12.7. The van der Waals surface area contributed by atoms with Crippen molar-refractivity contribution >= 4 is 17.5 Å². The number of amides is 1. The summed E-state index contributed by atoms with van der Waals surface area (Å²) < 4.78 is 5.77. The van der Waals surface area contributed by atoms with Gasteiger partial charge in [0.05, 0.1) is 12.2 Å². The highest BCUT2D eigenvalue weighted by Crippen LogP contribution is 2.25. The van der Waals surface area contributed by atoms with E-state index in [9.17, 15) is 4.79 Å². The van der Waals surface area contributed by atoms with Crippen LogP contribution in [0.5, 0.6) is 5.75 Å². The van der Waals surface area contributed by atoms with Crippen molar-refractivity contribution in [3.05, 3.63) is 28.8 Å². The normalized spacial score (nSPS) is 16.3. The molecular formula is C16H23ClN2O2. The first-order valence-corrected chi connectivity index (χ1v) is 7.75. The number of carbonyl (C=O) groups is 1. The van der Waals surface area contributed by atoms with Crippen molar-refractivity contribution in [3.63, 3.8) is 0 Å². The minimum Gasteiger partial charge on any atom is -0.492 e. The molecule has 0 N–H and O–H groups in total. The van der Waals surface area contributed by atoms with Gasteiger partial charge in [0, 0.05) is 31.2 Å². The number of likely N-dealkylation sites (N-methyl/N-ethyl adjacent to an activating group) is 1. The Morgan fingerprint density at radius 1 is 1.29 bits per heavy atom. The molecule has 21 heavy (non-hydrogen) atoms. The third-order valence-corrected chi connectivity index (χ3v) is 3.77. The summed E-state index contributed by atoms with van der Waals surface area (Å²) in [6, 6.07) is 5.25. The molecule has 1 aliphatic heterocycles. The molecule has 4 nitrogen and oxygen atoms in total. The van der Waals surface area contributed by atoms with Crippen LogP contribution in [0.3, 0.4) is 0 Å². The van der Waals surface area contributed by atoms with Crippen molar-refractivity contribution in [1.29, 1.82) is 0 Å². The fourth-order valence-electron chi connectivity index (χ4n) is 2.23. The van der Waals surface area contributed by atoms with Gasteiger partial charge in [0.25, 0.3) is 5.91 Å². The number of hydrogen-bond donors (Lipinski definition) is 0. The summed E-state index contributed by atoms with van der Waals surface area (Å²) in [4.78, 5) is 16.8. The Balaban J connectivity index is 2.16. The molecule has 5 heteroatoms. The molecule has 0 radical (unpaired) electrons. The van der Waals surface area contributed by atoms with Gasteiger partial charge in [-0.2, -0.15) is 0 Å². The molecule has 2 rings (SSSR count). The molecule has 0 saturated carbocycles. The molecule has 0 bridgehead atoms. The van der Waals surface area contributed by atoms with E-state index in [0.717, 1.165) is 26.2 Å². The summed E-state index contributed by atoms with van der Waals surface area (Å²) in [5, 5.41) is 0.560. The first kappa shape index (κ1) is 16.1. The lowest BCUT2D eigenvalue weighted by Gasteiger charge is -2.32. The van der Waals surface area contributed by atoms with Crippen molar-refractivity contribution < 1.29 is 9.53 Å². The lowest BCUT2D eigenvalue weighted by molar-refractivity contribution is 0.0659. The van der Waals surface area contributed by atoms with Gasteiger partial charge >= 0.3 is 0 Å². The lowest BCUT2D eigenvalue weighted by Crippen LogP contribution is -2.47. The zero-order chi connectivity index (χ0) is 15.4. The van der Waals surface area contributed by atoms with Crippen molar-refractivity contribution in [3.8, 4) is 5.75 Å². The minimum absolute atomic E-state index is 0.00403. The number of benzene rings is 1. The Labute approximate surface area is 131 Å². The first-order valence-electron chi connectivity index (χ1n) is 7.37. The largest absolute Gasteiger partial charge is 0.492 e. The highest BCUT2D eigenvalue weighted by atomic mass is 35.5. The lowest BCUT2D eigenvalue weighted by atomic mass is 10.1. The molecule has 1 aromatic carbocycles. The van der Waals surface area contributed by atoms with Crippen molar-refractivity contribution in [2.75, 3.05) is 39.8 Å².